The van der Waals surface area contributed by atoms with Gasteiger partial charge in [-0.3, -0.25) is 9.59 Å². The summed E-state index contributed by atoms with van der Waals surface area (Å²) in [7, 11) is 0. The molecule has 1 aliphatic heterocycles. The lowest BCUT2D eigenvalue weighted by molar-refractivity contribution is -0.141. The number of likely N-dealkylation sites (N-methyl/N-ethyl adjacent to an activating group) is 1. The van der Waals surface area contributed by atoms with Crippen molar-refractivity contribution in [3.63, 3.8) is 0 Å². The van der Waals surface area contributed by atoms with E-state index in [2.05, 4.69) is 9.97 Å². The molecule has 1 aromatic rings. The Balaban J connectivity index is 2.38. The van der Waals surface area contributed by atoms with Gasteiger partial charge in [-0.25, -0.2) is 9.97 Å². The van der Waals surface area contributed by atoms with E-state index in [0.29, 0.717) is 12.4 Å². The number of primary amides is 1. The molecular weight excluding hydrogens is 264 g/mol. The number of aromatic nitrogens is 2. The van der Waals surface area contributed by atoms with Crippen LogP contribution in [0.4, 0.5) is 5.82 Å². The quantitative estimate of drug-likeness (QED) is 0.746. The molecule has 2 unspecified atom stereocenters. The van der Waals surface area contributed by atoms with Crippen molar-refractivity contribution in [3.8, 4) is 0 Å². The Morgan fingerprint density at radius 1 is 1.45 bits per heavy atom. The normalized spacial score (nSPS) is 21.6. The number of amides is 1. The van der Waals surface area contributed by atoms with Crippen molar-refractivity contribution in [3.05, 3.63) is 18.1 Å². The van der Waals surface area contributed by atoms with E-state index in [1.165, 1.54) is 12.4 Å². The smallest absolute Gasteiger partial charge is 0.311 e. The average Bonchev–Trinajstić information content (AvgIpc) is 2.89. The van der Waals surface area contributed by atoms with Crippen molar-refractivity contribution >= 4 is 17.7 Å². The number of carbonyl (C=O) groups is 2. The Hall–Kier alpha value is -2.22. The minimum atomic E-state index is -0.935. The molecule has 0 aromatic carbocycles. The molecule has 8 heteroatoms. The number of aliphatic carboxylic acids is 1. The molecule has 0 radical (unpaired) electrons. The number of nitrogens with two attached hydrogens (primary N) is 1. The summed E-state index contributed by atoms with van der Waals surface area (Å²) in [5.41, 5.74) is 5.32. The maximum atomic E-state index is 11.4. The number of carbonyl (C=O) groups excluding carboxylic acids is 1. The van der Waals surface area contributed by atoms with E-state index in [1.807, 2.05) is 6.92 Å². The van der Waals surface area contributed by atoms with Crippen molar-refractivity contribution in [1.29, 1.82) is 0 Å². The van der Waals surface area contributed by atoms with Gasteiger partial charge in [0.1, 0.15) is 5.92 Å². The predicted octanol–water partition coefficient (Wildman–Crippen LogP) is -0.499. The standard InChI is InChI=1S/C12H16N4O4/c1-2-16(8-6-20-5-7(8)12(18)19)11-9(10(13)17)14-3-4-15-11/h3-4,7-8H,2,5-6H2,1H3,(H2,13,17)(H,18,19). The molecule has 3 N–H and O–H groups in total. The van der Waals surface area contributed by atoms with Gasteiger partial charge >= 0.3 is 5.97 Å². The van der Waals surface area contributed by atoms with Crippen molar-refractivity contribution in [2.45, 2.75) is 13.0 Å². The number of ether oxygens (including phenoxy) is 1. The van der Waals surface area contributed by atoms with Crippen LogP contribution in [-0.4, -0.2) is 52.8 Å². The summed E-state index contributed by atoms with van der Waals surface area (Å²) in [4.78, 5) is 32.4. The van der Waals surface area contributed by atoms with Gasteiger partial charge in [0.2, 0.25) is 0 Å². The number of carboxylic acids is 1. The molecule has 8 nitrogen and oxygen atoms in total. The topological polar surface area (TPSA) is 119 Å². The molecule has 2 heterocycles. The lowest BCUT2D eigenvalue weighted by atomic mass is 10.0. The Labute approximate surface area is 115 Å². The monoisotopic (exact) mass is 280 g/mol. The van der Waals surface area contributed by atoms with Gasteiger partial charge < -0.3 is 20.5 Å². The number of anilines is 1. The number of rotatable bonds is 5. The Kier molecular flexibility index (Phi) is 4.14. The van der Waals surface area contributed by atoms with Gasteiger partial charge in [-0.15, -0.1) is 0 Å². The molecule has 0 spiro atoms. The van der Waals surface area contributed by atoms with E-state index in [0.717, 1.165) is 0 Å². The molecule has 2 atom stereocenters. The molecule has 0 aliphatic carbocycles. The Morgan fingerprint density at radius 3 is 2.75 bits per heavy atom. The second-order valence-electron chi connectivity index (χ2n) is 4.43. The van der Waals surface area contributed by atoms with Gasteiger partial charge in [-0.1, -0.05) is 0 Å². The van der Waals surface area contributed by atoms with E-state index in [-0.39, 0.29) is 18.9 Å². The molecule has 108 valence electrons. The molecule has 0 saturated carbocycles. The largest absolute Gasteiger partial charge is 0.481 e. The van der Waals surface area contributed by atoms with Gasteiger partial charge in [0.05, 0.1) is 19.3 Å². The van der Waals surface area contributed by atoms with Crippen LogP contribution in [0.3, 0.4) is 0 Å². The van der Waals surface area contributed by atoms with Crippen LogP contribution in [0, 0.1) is 5.92 Å². The number of hydrogen-bond acceptors (Lipinski definition) is 6. The summed E-state index contributed by atoms with van der Waals surface area (Å²) >= 11 is 0. The minimum Gasteiger partial charge on any atom is -0.481 e. The summed E-state index contributed by atoms with van der Waals surface area (Å²) in [5.74, 6) is -2.00. The summed E-state index contributed by atoms with van der Waals surface area (Å²) in [6.07, 6.45) is 2.81. The highest BCUT2D eigenvalue weighted by molar-refractivity contribution is 5.95. The van der Waals surface area contributed by atoms with E-state index < -0.39 is 23.8 Å². The first-order valence-electron chi connectivity index (χ1n) is 6.24. The van der Waals surface area contributed by atoms with Crippen LogP contribution in [0.2, 0.25) is 0 Å². The Morgan fingerprint density at radius 2 is 2.15 bits per heavy atom. The van der Waals surface area contributed by atoms with E-state index in [4.69, 9.17) is 10.5 Å². The number of hydrogen-bond donors (Lipinski definition) is 2. The fraction of sp³-hybridized carbons (Fsp3) is 0.500. The van der Waals surface area contributed by atoms with Crippen LogP contribution < -0.4 is 10.6 Å². The molecule has 1 aliphatic rings. The fourth-order valence-corrected chi connectivity index (χ4v) is 2.34. The van der Waals surface area contributed by atoms with Crippen LogP contribution >= 0.6 is 0 Å². The van der Waals surface area contributed by atoms with Crippen LogP contribution in [0.1, 0.15) is 17.4 Å². The third-order valence-electron chi connectivity index (χ3n) is 3.29. The van der Waals surface area contributed by atoms with Crippen LogP contribution in [0.5, 0.6) is 0 Å². The van der Waals surface area contributed by atoms with E-state index in [9.17, 15) is 14.7 Å². The van der Waals surface area contributed by atoms with Crippen molar-refractivity contribution in [2.75, 3.05) is 24.7 Å². The van der Waals surface area contributed by atoms with Crippen LogP contribution in [-0.2, 0) is 9.53 Å². The predicted molar refractivity (Wildman–Crippen MR) is 69.3 cm³/mol. The molecule has 0 bridgehead atoms. The minimum absolute atomic E-state index is 0.0328. The summed E-state index contributed by atoms with van der Waals surface area (Å²) in [6.45, 7) is 2.72. The highest BCUT2D eigenvalue weighted by atomic mass is 16.5. The zero-order valence-corrected chi connectivity index (χ0v) is 11.0. The fourth-order valence-electron chi connectivity index (χ4n) is 2.34. The van der Waals surface area contributed by atoms with Crippen molar-refractivity contribution in [1.82, 2.24) is 9.97 Å². The number of nitrogens with zero attached hydrogens (tertiary/aromatic N) is 3. The first kappa shape index (κ1) is 14.2. The summed E-state index contributed by atoms with van der Waals surface area (Å²) in [6, 6.07) is -0.396. The zero-order chi connectivity index (χ0) is 14.7. The first-order chi connectivity index (χ1) is 9.56. The van der Waals surface area contributed by atoms with Crippen molar-refractivity contribution in [2.24, 2.45) is 11.7 Å². The lowest BCUT2D eigenvalue weighted by Crippen LogP contribution is -2.44. The third-order valence-corrected chi connectivity index (χ3v) is 3.29. The van der Waals surface area contributed by atoms with E-state index in [1.54, 1.807) is 4.90 Å². The van der Waals surface area contributed by atoms with Gasteiger partial charge in [-0.05, 0) is 6.92 Å². The molecule has 1 fully saturated rings. The molecule has 1 aromatic heterocycles. The van der Waals surface area contributed by atoms with Crippen LogP contribution in [0.15, 0.2) is 12.4 Å². The van der Waals surface area contributed by atoms with E-state index >= 15 is 0 Å². The lowest BCUT2D eigenvalue weighted by Gasteiger charge is -2.30. The second-order valence-corrected chi connectivity index (χ2v) is 4.43. The van der Waals surface area contributed by atoms with Gasteiger partial charge in [0.15, 0.2) is 11.5 Å². The first-order valence-corrected chi connectivity index (χ1v) is 6.24. The van der Waals surface area contributed by atoms with Gasteiger partial charge in [0.25, 0.3) is 5.91 Å². The zero-order valence-electron chi connectivity index (χ0n) is 11.0. The molecular formula is C12H16N4O4. The maximum Gasteiger partial charge on any atom is 0.311 e. The van der Waals surface area contributed by atoms with Gasteiger partial charge in [0, 0.05) is 18.9 Å². The molecule has 1 amide bonds. The summed E-state index contributed by atoms with van der Waals surface area (Å²) in [5, 5.41) is 9.22. The highest BCUT2D eigenvalue weighted by Crippen LogP contribution is 2.25. The maximum absolute atomic E-state index is 11.4. The highest BCUT2D eigenvalue weighted by Gasteiger charge is 2.39. The summed E-state index contributed by atoms with van der Waals surface area (Å²) < 4.78 is 5.25. The SMILES string of the molecule is CCN(c1nccnc1C(N)=O)C1COCC1C(=O)O. The number of carboxylic acid groups (broad SMARTS) is 1. The van der Waals surface area contributed by atoms with Crippen LogP contribution in [0.25, 0.3) is 0 Å². The Bertz CT molecular complexity index is 522. The molecule has 2 rings (SSSR count). The van der Waals surface area contributed by atoms with Crippen molar-refractivity contribution < 1.29 is 19.4 Å². The molecule has 1 saturated heterocycles. The molecule has 20 heavy (non-hydrogen) atoms. The third kappa shape index (κ3) is 2.55. The van der Waals surface area contributed by atoms with Gasteiger partial charge in [-0.2, -0.15) is 0 Å². The second kappa shape index (κ2) is 5.83. The average molecular weight is 280 g/mol.